The monoisotopic (exact) mass is 327 g/mol. The highest BCUT2D eigenvalue weighted by molar-refractivity contribution is 7.98. The maximum absolute atomic E-state index is 9.13. The number of fused-ring (bicyclic) bond motifs is 5. The van der Waals surface area contributed by atoms with Gasteiger partial charge in [-0.05, 0) is 48.6 Å². The molecule has 0 radical (unpaired) electrons. The molecule has 3 heteroatoms. The Kier molecular flexibility index (Phi) is 4.64. The summed E-state index contributed by atoms with van der Waals surface area (Å²) in [6, 6.07) is 11.2. The number of nitrogens with zero attached hydrogens (tertiary/aromatic N) is 1. The lowest BCUT2D eigenvalue weighted by atomic mass is 9.79. The molecule has 4 rings (SSSR count). The fourth-order valence-electron chi connectivity index (χ4n) is 5.69. The smallest absolute Gasteiger partial charge is 0.0994 e. The van der Waals surface area contributed by atoms with E-state index in [9.17, 15) is 0 Å². The highest BCUT2D eigenvalue weighted by Gasteiger charge is 2.55. The lowest BCUT2D eigenvalue weighted by molar-refractivity contribution is -0.692. The molecule has 3 aliphatic rings. The van der Waals surface area contributed by atoms with E-state index in [-0.39, 0.29) is 0 Å². The predicted molar refractivity (Wildman–Crippen MR) is 94.9 cm³/mol. The molecule has 3 aliphatic carbocycles. The van der Waals surface area contributed by atoms with Gasteiger partial charge in [0.2, 0.25) is 0 Å². The minimum absolute atomic E-state index is 0.837. The number of quaternary nitrogens is 1. The van der Waals surface area contributed by atoms with E-state index in [0.717, 1.165) is 41.0 Å². The summed E-state index contributed by atoms with van der Waals surface area (Å²) in [6.45, 7) is 1.24. The number of hydrogen-bond acceptors (Lipinski definition) is 2. The van der Waals surface area contributed by atoms with Crippen molar-refractivity contribution in [2.45, 2.75) is 43.9 Å². The SMILES string of the molecule is N#Cc1ccccc1CSCC[NH2+][C@H]1C[C@H]2C[C@H]1[C@H]1CCC[C@H]21. The van der Waals surface area contributed by atoms with Gasteiger partial charge in [0.05, 0.1) is 24.2 Å². The molecule has 3 saturated carbocycles. The average Bonchev–Trinajstić information content (AvgIpc) is 3.27. The summed E-state index contributed by atoms with van der Waals surface area (Å²) in [5, 5.41) is 11.8. The Hall–Kier alpha value is -0.980. The maximum atomic E-state index is 9.13. The van der Waals surface area contributed by atoms with Gasteiger partial charge in [0.1, 0.15) is 0 Å². The zero-order chi connectivity index (χ0) is 15.6. The van der Waals surface area contributed by atoms with Gasteiger partial charge in [-0.2, -0.15) is 17.0 Å². The Bertz CT molecular complexity index is 594. The van der Waals surface area contributed by atoms with Gasteiger partial charge in [-0.15, -0.1) is 0 Å². The van der Waals surface area contributed by atoms with Crippen molar-refractivity contribution < 1.29 is 5.32 Å². The quantitative estimate of drug-likeness (QED) is 0.815. The van der Waals surface area contributed by atoms with Crippen molar-refractivity contribution in [1.29, 1.82) is 5.26 Å². The molecule has 2 N–H and O–H groups in total. The van der Waals surface area contributed by atoms with Crippen LogP contribution in [0.4, 0.5) is 0 Å². The van der Waals surface area contributed by atoms with Gasteiger partial charge in [-0.1, -0.05) is 24.6 Å². The van der Waals surface area contributed by atoms with Crippen molar-refractivity contribution in [2.75, 3.05) is 12.3 Å². The van der Waals surface area contributed by atoms with Gasteiger partial charge in [-0.25, -0.2) is 0 Å². The third kappa shape index (κ3) is 3.04. The number of thioether (sulfide) groups is 1. The van der Waals surface area contributed by atoms with E-state index >= 15 is 0 Å². The normalized spacial score (nSPS) is 34.5. The van der Waals surface area contributed by atoms with Crippen LogP contribution in [-0.4, -0.2) is 18.3 Å². The molecule has 2 nitrogen and oxygen atoms in total. The van der Waals surface area contributed by atoms with Crippen molar-refractivity contribution >= 4 is 11.8 Å². The highest BCUT2D eigenvalue weighted by atomic mass is 32.2. The van der Waals surface area contributed by atoms with E-state index in [1.54, 1.807) is 6.42 Å². The van der Waals surface area contributed by atoms with Gasteiger partial charge in [0.25, 0.3) is 0 Å². The van der Waals surface area contributed by atoms with E-state index in [1.165, 1.54) is 43.5 Å². The van der Waals surface area contributed by atoms with E-state index in [4.69, 9.17) is 5.26 Å². The number of rotatable bonds is 6. The molecule has 0 spiro atoms. The van der Waals surface area contributed by atoms with Crippen molar-refractivity contribution in [1.82, 2.24) is 0 Å². The maximum Gasteiger partial charge on any atom is 0.0994 e. The van der Waals surface area contributed by atoms with Crippen LogP contribution in [0.2, 0.25) is 0 Å². The van der Waals surface area contributed by atoms with Crippen molar-refractivity contribution in [3.63, 3.8) is 0 Å². The van der Waals surface area contributed by atoms with Crippen LogP contribution in [0.5, 0.6) is 0 Å². The minimum Gasteiger partial charge on any atom is -0.343 e. The summed E-state index contributed by atoms with van der Waals surface area (Å²) < 4.78 is 0. The van der Waals surface area contributed by atoms with Gasteiger partial charge in [-0.3, -0.25) is 0 Å². The summed E-state index contributed by atoms with van der Waals surface area (Å²) in [5.74, 6) is 6.48. The Morgan fingerprint density at radius 3 is 2.91 bits per heavy atom. The second-order valence-corrected chi connectivity index (χ2v) is 8.77. The molecule has 5 atom stereocenters. The van der Waals surface area contributed by atoms with Crippen LogP contribution in [0, 0.1) is 35.0 Å². The molecule has 2 bridgehead atoms. The van der Waals surface area contributed by atoms with Crippen LogP contribution in [-0.2, 0) is 5.75 Å². The average molecular weight is 328 g/mol. The third-order valence-electron chi connectivity index (χ3n) is 6.61. The summed E-state index contributed by atoms with van der Waals surface area (Å²) in [4.78, 5) is 0. The van der Waals surface area contributed by atoms with Crippen LogP contribution in [0.1, 0.15) is 43.2 Å². The number of hydrogen-bond donors (Lipinski definition) is 1. The van der Waals surface area contributed by atoms with E-state index in [1.807, 2.05) is 30.0 Å². The van der Waals surface area contributed by atoms with Crippen molar-refractivity contribution in [3.05, 3.63) is 35.4 Å². The van der Waals surface area contributed by atoms with Crippen molar-refractivity contribution in [3.8, 4) is 6.07 Å². The topological polar surface area (TPSA) is 40.4 Å². The van der Waals surface area contributed by atoms with Crippen LogP contribution in [0.3, 0.4) is 0 Å². The van der Waals surface area contributed by atoms with Gasteiger partial charge >= 0.3 is 0 Å². The zero-order valence-corrected chi connectivity index (χ0v) is 14.6. The van der Waals surface area contributed by atoms with Crippen LogP contribution in [0.15, 0.2) is 24.3 Å². The fraction of sp³-hybridized carbons (Fsp3) is 0.650. The lowest BCUT2D eigenvalue weighted by Crippen LogP contribution is -2.92. The van der Waals surface area contributed by atoms with Crippen molar-refractivity contribution in [2.24, 2.45) is 23.7 Å². The molecule has 23 heavy (non-hydrogen) atoms. The van der Waals surface area contributed by atoms with Gasteiger partial charge < -0.3 is 5.32 Å². The molecule has 0 aromatic heterocycles. The van der Waals surface area contributed by atoms with Crippen LogP contribution in [0.25, 0.3) is 0 Å². The Morgan fingerprint density at radius 1 is 1.13 bits per heavy atom. The highest BCUT2D eigenvalue weighted by Crippen LogP contribution is 2.57. The first-order valence-electron chi connectivity index (χ1n) is 9.26. The summed E-state index contributed by atoms with van der Waals surface area (Å²) in [5.41, 5.74) is 2.03. The summed E-state index contributed by atoms with van der Waals surface area (Å²) in [6.07, 6.45) is 7.60. The second kappa shape index (κ2) is 6.87. The summed E-state index contributed by atoms with van der Waals surface area (Å²) in [7, 11) is 0. The molecule has 3 fully saturated rings. The molecular weight excluding hydrogens is 300 g/mol. The van der Waals surface area contributed by atoms with E-state index < -0.39 is 0 Å². The molecule has 1 aromatic rings. The molecule has 122 valence electrons. The zero-order valence-electron chi connectivity index (χ0n) is 13.8. The van der Waals surface area contributed by atoms with E-state index in [0.29, 0.717) is 0 Å². The first-order chi connectivity index (χ1) is 11.4. The first kappa shape index (κ1) is 15.5. The molecule has 1 aromatic carbocycles. The molecule has 0 heterocycles. The standard InChI is InChI=1S/C20H26N2S/c21-12-14-4-1-2-5-15(14)13-23-9-8-22-20-11-16-10-19(20)18-7-3-6-17(16)18/h1-2,4-5,16-20,22H,3,6-11,13H2/p+1/t16-,17-,18+,19+,20+/m1/s1. The molecule has 0 amide bonds. The Balaban J connectivity index is 1.19. The van der Waals surface area contributed by atoms with Gasteiger partial charge in [0, 0.05) is 23.8 Å². The lowest BCUT2D eigenvalue weighted by Gasteiger charge is -2.29. The third-order valence-corrected chi connectivity index (χ3v) is 7.65. The van der Waals surface area contributed by atoms with E-state index in [2.05, 4.69) is 17.5 Å². The number of nitrogens with two attached hydrogens (primary N) is 1. The molecule has 0 aliphatic heterocycles. The predicted octanol–water partition coefficient (Wildman–Crippen LogP) is 3.18. The second-order valence-electron chi connectivity index (χ2n) is 7.66. The molecular formula is C20H27N2S+. The summed E-state index contributed by atoms with van der Waals surface area (Å²) >= 11 is 1.98. The number of nitriles is 1. The fourth-order valence-corrected chi connectivity index (χ4v) is 6.61. The van der Waals surface area contributed by atoms with Gasteiger partial charge in [0.15, 0.2) is 0 Å². The Morgan fingerprint density at radius 2 is 2.00 bits per heavy atom. The Labute approximate surface area is 144 Å². The van der Waals surface area contributed by atoms with Crippen LogP contribution >= 0.6 is 11.8 Å². The number of benzene rings is 1. The first-order valence-corrected chi connectivity index (χ1v) is 10.4. The minimum atomic E-state index is 0.837. The molecule has 0 saturated heterocycles. The molecule has 0 unspecified atom stereocenters. The van der Waals surface area contributed by atoms with Crippen LogP contribution < -0.4 is 5.32 Å². The largest absolute Gasteiger partial charge is 0.343 e.